The Bertz CT molecular complexity index is 1370. The zero-order valence-electron chi connectivity index (χ0n) is 18.4. The largest absolute Gasteiger partial charge is 0.486 e. The molecule has 3 heterocycles. The molecule has 1 aliphatic heterocycles. The Hall–Kier alpha value is -2.83. The SMILES string of the molecule is Cc1ccc2c3c(ccc2n1)OC[C@H](CNC[C@H]1CCc2[nH]c4ccc(F)c(Cl)c4c2C1)O3. The Labute approximate surface area is 196 Å². The van der Waals surface area contributed by atoms with Crippen LogP contribution in [0.4, 0.5) is 4.39 Å². The standard InChI is InChI=1S/C26H25ClFN3O2/c1-14-2-4-17-20(30-14)8-9-23-26(17)33-16(13-32-23)12-29-11-15-3-6-21-18(10-15)24-22(31-21)7-5-19(28)25(24)27/h2,4-5,7-9,15-16,29,31H,3,6,10-13H2,1H3/t15-,16-/m0/s1. The molecular formula is C26H25ClFN3O2. The number of H-pyrrole nitrogens is 1. The molecular weight excluding hydrogens is 441 g/mol. The summed E-state index contributed by atoms with van der Waals surface area (Å²) in [5.41, 5.74) is 5.16. The van der Waals surface area contributed by atoms with Crippen LogP contribution in [-0.4, -0.2) is 35.8 Å². The molecule has 2 aliphatic rings. The van der Waals surface area contributed by atoms with Gasteiger partial charge in [0.05, 0.1) is 10.5 Å². The lowest BCUT2D eigenvalue weighted by Crippen LogP contribution is -2.40. The van der Waals surface area contributed by atoms with Gasteiger partial charge in [0.15, 0.2) is 11.5 Å². The molecule has 7 heteroatoms. The van der Waals surface area contributed by atoms with Gasteiger partial charge in [-0.25, -0.2) is 4.39 Å². The maximum absolute atomic E-state index is 14.0. The fourth-order valence-electron chi connectivity index (χ4n) is 5.12. The zero-order valence-corrected chi connectivity index (χ0v) is 19.1. The molecule has 6 rings (SSSR count). The van der Waals surface area contributed by atoms with Crippen LogP contribution in [0, 0.1) is 18.7 Å². The number of hydrogen-bond acceptors (Lipinski definition) is 4. The number of aromatic nitrogens is 2. The molecule has 170 valence electrons. The molecule has 33 heavy (non-hydrogen) atoms. The fourth-order valence-corrected chi connectivity index (χ4v) is 5.40. The van der Waals surface area contributed by atoms with Gasteiger partial charge >= 0.3 is 0 Å². The van der Waals surface area contributed by atoms with Gasteiger partial charge in [0.2, 0.25) is 0 Å². The van der Waals surface area contributed by atoms with Gasteiger partial charge < -0.3 is 19.8 Å². The minimum Gasteiger partial charge on any atom is -0.486 e. The lowest BCUT2D eigenvalue weighted by molar-refractivity contribution is 0.0915. The van der Waals surface area contributed by atoms with Crippen molar-refractivity contribution in [1.82, 2.24) is 15.3 Å². The Balaban J connectivity index is 1.12. The van der Waals surface area contributed by atoms with Crippen molar-refractivity contribution in [3.8, 4) is 11.5 Å². The average molecular weight is 466 g/mol. The molecule has 0 bridgehead atoms. The van der Waals surface area contributed by atoms with Crippen LogP contribution in [0.3, 0.4) is 0 Å². The van der Waals surface area contributed by atoms with Crippen LogP contribution in [0.2, 0.25) is 5.02 Å². The van der Waals surface area contributed by atoms with Gasteiger partial charge in [-0.15, -0.1) is 0 Å². The maximum Gasteiger partial charge on any atom is 0.171 e. The highest BCUT2D eigenvalue weighted by molar-refractivity contribution is 6.36. The molecule has 2 aromatic carbocycles. The van der Waals surface area contributed by atoms with Crippen LogP contribution >= 0.6 is 11.6 Å². The smallest absolute Gasteiger partial charge is 0.171 e. The normalized spacial score (nSPS) is 19.7. The molecule has 0 spiro atoms. The van der Waals surface area contributed by atoms with Crippen LogP contribution < -0.4 is 14.8 Å². The lowest BCUT2D eigenvalue weighted by atomic mass is 9.86. The fraction of sp³-hybridized carbons (Fsp3) is 0.346. The van der Waals surface area contributed by atoms with E-state index in [1.807, 2.05) is 31.2 Å². The number of aromatic amines is 1. The summed E-state index contributed by atoms with van der Waals surface area (Å²) in [7, 11) is 0. The van der Waals surface area contributed by atoms with Crippen LogP contribution in [-0.2, 0) is 12.8 Å². The summed E-state index contributed by atoms with van der Waals surface area (Å²) in [6.45, 7) is 4.05. The summed E-state index contributed by atoms with van der Waals surface area (Å²) >= 11 is 6.30. The van der Waals surface area contributed by atoms with E-state index in [9.17, 15) is 4.39 Å². The van der Waals surface area contributed by atoms with Crippen LogP contribution in [0.5, 0.6) is 11.5 Å². The number of benzene rings is 2. The number of rotatable bonds is 4. The van der Waals surface area contributed by atoms with E-state index in [0.717, 1.165) is 70.4 Å². The van der Waals surface area contributed by atoms with Gasteiger partial charge in [0.1, 0.15) is 18.5 Å². The molecule has 0 amide bonds. The number of aryl methyl sites for hydroxylation is 2. The van der Waals surface area contributed by atoms with E-state index in [1.165, 1.54) is 11.8 Å². The van der Waals surface area contributed by atoms with E-state index < -0.39 is 0 Å². The topological polar surface area (TPSA) is 59.2 Å². The third kappa shape index (κ3) is 3.71. The molecule has 2 aromatic heterocycles. The summed E-state index contributed by atoms with van der Waals surface area (Å²) in [6, 6.07) is 11.2. The molecule has 0 unspecified atom stereocenters. The van der Waals surface area contributed by atoms with Crippen molar-refractivity contribution < 1.29 is 13.9 Å². The second-order valence-corrected chi connectivity index (χ2v) is 9.47. The number of ether oxygens (including phenoxy) is 2. The molecule has 0 saturated heterocycles. The highest BCUT2D eigenvalue weighted by atomic mass is 35.5. The van der Waals surface area contributed by atoms with Gasteiger partial charge in [-0.3, -0.25) is 4.98 Å². The molecule has 5 nitrogen and oxygen atoms in total. The number of nitrogens with zero attached hydrogens (tertiary/aromatic N) is 1. The summed E-state index contributed by atoms with van der Waals surface area (Å²) in [5, 5.41) is 5.61. The first-order valence-electron chi connectivity index (χ1n) is 11.4. The van der Waals surface area contributed by atoms with Crippen molar-refractivity contribution in [2.24, 2.45) is 5.92 Å². The maximum atomic E-state index is 14.0. The molecule has 0 fully saturated rings. The third-order valence-corrected chi connectivity index (χ3v) is 7.15. The highest BCUT2D eigenvalue weighted by Gasteiger charge is 2.26. The Morgan fingerprint density at radius 3 is 3.00 bits per heavy atom. The number of nitrogens with one attached hydrogen (secondary N) is 2. The van der Waals surface area contributed by atoms with Gasteiger partial charge in [-0.05, 0) is 80.6 Å². The minimum atomic E-state index is -0.362. The number of halogens is 2. The van der Waals surface area contributed by atoms with Crippen molar-refractivity contribution in [2.45, 2.75) is 32.3 Å². The summed E-state index contributed by atoms with van der Waals surface area (Å²) in [6.07, 6.45) is 2.84. The van der Waals surface area contributed by atoms with Crippen molar-refractivity contribution in [1.29, 1.82) is 0 Å². The van der Waals surface area contributed by atoms with Gasteiger partial charge in [-0.1, -0.05) is 11.6 Å². The quantitative estimate of drug-likeness (QED) is 0.426. The Kier molecular flexibility index (Phi) is 5.15. The molecule has 4 aromatic rings. The molecule has 2 atom stereocenters. The number of fused-ring (bicyclic) bond motifs is 6. The summed E-state index contributed by atoms with van der Waals surface area (Å²) < 4.78 is 26.3. The van der Waals surface area contributed by atoms with Gasteiger partial charge in [0, 0.05) is 34.2 Å². The lowest BCUT2D eigenvalue weighted by Gasteiger charge is -2.29. The Morgan fingerprint density at radius 1 is 1.18 bits per heavy atom. The van der Waals surface area contributed by atoms with Crippen LogP contribution in [0.25, 0.3) is 21.8 Å². The molecule has 0 radical (unpaired) electrons. The molecule has 2 N–H and O–H groups in total. The average Bonchev–Trinajstić information content (AvgIpc) is 3.19. The second-order valence-electron chi connectivity index (χ2n) is 9.10. The minimum absolute atomic E-state index is 0.0693. The van der Waals surface area contributed by atoms with Crippen molar-refractivity contribution in [2.75, 3.05) is 19.7 Å². The summed E-state index contributed by atoms with van der Waals surface area (Å²) in [4.78, 5) is 8.02. The predicted octanol–water partition coefficient (Wildman–Crippen LogP) is 5.35. The van der Waals surface area contributed by atoms with Crippen LogP contribution in [0.1, 0.15) is 23.4 Å². The predicted molar refractivity (Wildman–Crippen MR) is 128 cm³/mol. The summed E-state index contributed by atoms with van der Waals surface area (Å²) in [5.74, 6) is 1.64. The van der Waals surface area contributed by atoms with E-state index in [0.29, 0.717) is 19.1 Å². The van der Waals surface area contributed by atoms with Gasteiger partial charge in [-0.2, -0.15) is 0 Å². The van der Waals surface area contributed by atoms with E-state index in [-0.39, 0.29) is 16.9 Å². The van der Waals surface area contributed by atoms with Gasteiger partial charge in [0.25, 0.3) is 0 Å². The van der Waals surface area contributed by atoms with Crippen LogP contribution in [0.15, 0.2) is 36.4 Å². The first-order chi connectivity index (χ1) is 16.1. The zero-order chi connectivity index (χ0) is 22.5. The second kappa shape index (κ2) is 8.19. The number of hydrogen-bond donors (Lipinski definition) is 2. The van der Waals surface area contributed by atoms with Crippen molar-refractivity contribution in [3.63, 3.8) is 0 Å². The first kappa shape index (κ1) is 20.8. The molecule has 1 aliphatic carbocycles. The van der Waals surface area contributed by atoms with Crippen molar-refractivity contribution in [3.05, 3.63) is 64.2 Å². The van der Waals surface area contributed by atoms with E-state index in [1.54, 1.807) is 6.07 Å². The van der Waals surface area contributed by atoms with Crippen molar-refractivity contribution >= 4 is 33.4 Å². The van der Waals surface area contributed by atoms with E-state index >= 15 is 0 Å². The first-order valence-corrected chi connectivity index (χ1v) is 11.8. The number of pyridine rings is 1. The monoisotopic (exact) mass is 465 g/mol. The highest BCUT2D eigenvalue weighted by Crippen LogP contribution is 2.39. The Morgan fingerprint density at radius 2 is 2.09 bits per heavy atom. The molecule has 0 saturated carbocycles. The van der Waals surface area contributed by atoms with E-state index in [4.69, 9.17) is 21.1 Å². The third-order valence-electron chi connectivity index (χ3n) is 6.78. The van der Waals surface area contributed by atoms with E-state index in [2.05, 4.69) is 15.3 Å².